The number of likely N-dealkylation sites (tertiary alicyclic amines) is 1. The fraction of sp³-hybridized carbons (Fsp3) is 0.889. The highest BCUT2D eigenvalue weighted by atomic mass is 35.5. The van der Waals surface area contributed by atoms with Crippen molar-refractivity contribution >= 4 is 24.2 Å². The van der Waals surface area contributed by atoms with Gasteiger partial charge in [0.25, 0.3) is 0 Å². The van der Waals surface area contributed by atoms with Crippen LogP contribution in [-0.2, 0) is 9.59 Å². The lowest BCUT2D eigenvalue weighted by Gasteiger charge is -2.36. The molecular formula is C18H30ClN3O2. The van der Waals surface area contributed by atoms with Crippen LogP contribution in [0.25, 0.3) is 0 Å². The molecule has 6 heteroatoms. The Morgan fingerprint density at radius 2 is 1.75 bits per heavy atom. The summed E-state index contributed by atoms with van der Waals surface area (Å²) >= 11 is 0. The SMILES string of the molecule is CN(C(=O)C1CC(=O)N(C2CCCC2)C1)C1CC2CCC(C1)N2.Cl. The normalized spacial score (nSPS) is 36.0. The molecule has 0 aromatic heterocycles. The zero-order valence-corrected chi connectivity index (χ0v) is 15.4. The van der Waals surface area contributed by atoms with Gasteiger partial charge in [0, 0.05) is 44.2 Å². The molecule has 0 spiro atoms. The van der Waals surface area contributed by atoms with Crippen LogP contribution < -0.4 is 5.32 Å². The molecule has 3 unspecified atom stereocenters. The van der Waals surface area contributed by atoms with Crippen molar-refractivity contribution < 1.29 is 9.59 Å². The number of hydrogen-bond acceptors (Lipinski definition) is 3. The first-order valence-electron chi connectivity index (χ1n) is 9.44. The first-order valence-corrected chi connectivity index (χ1v) is 9.44. The van der Waals surface area contributed by atoms with E-state index in [2.05, 4.69) is 5.32 Å². The van der Waals surface area contributed by atoms with Gasteiger partial charge in [-0.2, -0.15) is 0 Å². The Morgan fingerprint density at radius 3 is 2.38 bits per heavy atom. The number of nitrogens with one attached hydrogen (secondary N) is 1. The molecular weight excluding hydrogens is 326 g/mol. The topological polar surface area (TPSA) is 52.7 Å². The molecule has 24 heavy (non-hydrogen) atoms. The lowest BCUT2D eigenvalue weighted by atomic mass is 9.97. The summed E-state index contributed by atoms with van der Waals surface area (Å²) in [7, 11) is 1.96. The van der Waals surface area contributed by atoms with Crippen LogP contribution in [0.1, 0.15) is 57.8 Å². The highest BCUT2D eigenvalue weighted by Crippen LogP contribution is 2.33. The van der Waals surface area contributed by atoms with Crippen molar-refractivity contribution in [2.45, 2.75) is 82.0 Å². The van der Waals surface area contributed by atoms with E-state index in [1.807, 2.05) is 16.8 Å². The summed E-state index contributed by atoms with van der Waals surface area (Å²) in [6.07, 6.45) is 9.78. The van der Waals surface area contributed by atoms with Gasteiger partial charge in [0.15, 0.2) is 0 Å². The van der Waals surface area contributed by atoms with Crippen LogP contribution in [0.5, 0.6) is 0 Å². The second-order valence-corrected chi connectivity index (χ2v) is 8.10. The van der Waals surface area contributed by atoms with E-state index in [0.29, 0.717) is 37.1 Å². The maximum Gasteiger partial charge on any atom is 0.227 e. The van der Waals surface area contributed by atoms with E-state index in [0.717, 1.165) is 25.7 Å². The van der Waals surface area contributed by atoms with Gasteiger partial charge in [-0.05, 0) is 38.5 Å². The Bertz CT molecular complexity index is 483. The smallest absolute Gasteiger partial charge is 0.227 e. The molecule has 3 heterocycles. The number of halogens is 1. The van der Waals surface area contributed by atoms with Crippen LogP contribution >= 0.6 is 12.4 Å². The first kappa shape index (κ1) is 18.0. The number of nitrogens with zero attached hydrogens (tertiary/aromatic N) is 2. The van der Waals surface area contributed by atoms with Crippen molar-refractivity contribution in [1.29, 1.82) is 0 Å². The number of hydrogen-bond donors (Lipinski definition) is 1. The second kappa shape index (κ2) is 7.20. The maximum atomic E-state index is 12.9. The maximum absolute atomic E-state index is 12.9. The second-order valence-electron chi connectivity index (χ2n) is 8.10. The van der Waals surface area contributed by atoms with Crippen molar-refractivity contribution in [3.05, 3.63) is 0 Å². The molecule has 2 bridgehead atoms. The fourth-order valence-corrected chi connectivity index (χ4v) is 5.28. The Kier molecular flexibility index (Phi) is 5.40. The zero-order chi connectivity index (χ0) is 16.0. The minimum absolute atomic E-state index is 0. The van der Waals surface area contributed by atoms with E-state index in [-0.39, 0.29) is 30.1 Å². The van der Waals surface area contributed by atoms with Gasteiger partial charge in [-0.15, -0.1) is 12.4 Å². The molecule has 4 fully saturated rings. The fourth-order valence-electron chi connectivity index (χ4n) is 5.28. The minimum atomic E-state index is -0.111. The molecule has 1 saturated carbocycles. The van der Waals surface area contributed by atoms with Crippen LogP contribution in [-0.4, -0.2) is 59.4 Å². The van der Waals surface area contributed by atoms with Crippen molar-refractivity contribution in [2.75, 3.05) is 13.6 Å². The molecule has 1 aliphatic carbocycles. The van der Waals surface area contributed by atoms with Gasteiger partial charge in [0.05, 0.1) is 5.92 Å². The van der Waals surface area contributed by atoms with E-state index in [4.69, 9.17) is 0 Å². The van der Waals surface area contributed by atoms with Crippen LogP contribution in [0, 0.1) is 5.92 Å². The molecule has 4 aliphatic rings. The highest BCUT2D eigenvalue weighted by molar-refractivity contribution is 5.89. The summed E-state index contributed by atoms with van der Waals surface area (Å²) in [4.78, 5) is 29.2. The molecule has 0 radical (unpaired) electrons. The van der Waals surface area contributed by atoms with Gasteiger partial charge in [-0.3, -0.25) is 9.59 Å². The van der Waals surface area contributed by atoms with Crippen LogP contribution in [0.2, 0.25) is 0 Å². The predicted octanol–water partition coefficient (Wildman–Crippen LogP) is 1.94. The summed E-state index contributed by atoms with van der Waals surface area (Å²) < 4.78 is 0. The van der Waals surface area contributed by atoms with E-state index in [9.17, 15) is 9.59 Å². The molecule has 4 rings (SSSR count). The third-order valence-corrected chi connectivity index (χ3v) is 6.62. The van der Waals surface area contributed by atoms with Crippen molar-refractivity contribution in [1.82, 2.24) is 15.1 Å². The zero-order valence-electron chi connectivity index (χ0n) is 14.6. The molecule has 1 N–H and O–H groups in total. The van der Waals surface area contributed by atoms with Gasteiger partial charge >= 0.3 is 0 Å². The molecule has 136 valence electrons. The lowest BCUT2D eigenvalue weighted by Crippen LogP contribution is -2.50. The Morgan fingerprint density at radius 1 is 1.12 bits per heavy atom. The highest BCUT2D eigenvalue weighted by Gasteiger charge is 2.42. The van der Waals surface area contributed by atoms with Crippen LogP contribution in [0.3, 0.4) is 0 Å². The van der Waals surface area contributed by atoms with Gasteiger partial charge in [-0.1, -0.05) is 12.8 Å². The Balaban J connectivity index is 0.00000169. The number of carbonyl (C=O) groups excluding carboxylic acids is 2. The van der Waals surface area contributed by atoms with Crippen molar-refractivity contribution in [3.8, 4) is 0 Å². The quantitative estimate of drug-likeness (QED) is 0.841. The number of amides is 2. The average molecular weight is 356 g/mol. The largest absolute Gasteiger partial charge is 0.342 e. The molecule has 3 aliphatic heterocycles. The molecule has 0 aromatic carbocycles. The molecule has 0 aromatic rings. The van der Waals surface area contributed by atoms with Gasteiger partial charge in [0.2, 0.25) is 11.8 Å². The van der Waals surface area contributed by atoms with Crippen LogP contribution in [0.15, 0.2) is 0 Å². The number of rotatable bonds is 3. The Labute approximate surface area is 150 Å². The third-order valence-electron chi connectivity index (χ3n) is 6.62. The van der Waals surface area contributed by atoms with Gasteiger partial charge in [-0.25, -0.2) is 0 Å². The Hall–Kier alpha value is -0.810. The minimum Gasteiger partial charge on any atom is -0.342 e. The summed E-state index contributed by atoms with van der Waals surface area (Å²) in [5.41, 5.74) is 0. The number of piperidine rings is 1. The van der Waals surface area contributed by atoms with E-state index in [1.54, 1.807) is 0 Å². The summed E-state index contributed by atoms with van der Waals surface area (Å²) in [5, 5.41) is 3.63. The third kappa shape index (κ3) is 3.30. The van der Waals surface area contributed by atoms with Crippen molar-refractivity contribution in [3.63, 3.8) is 0 Å². The summed E-state index contributed by atoms with van der Waals surface area (Å²) in [6, 6.07) is 1.95. The monoisotopic (exact) mass is 355 g/mol. The first-order chi connectivity index (χ1) is 11.1. The summed E-state index contributed by atoms with van der Waals surface area (Å²) in [5.74, 6) is 0.291. The van der Waals surface area contributed by atoms with E-state index >= 15 is 0 Å². The predicted molar refractivity (Wildman–Crippen MR) is 95.1 cm³/mol. The van der Waals surface area contributed by atoms with Gasteiger partial charge < -0.3 is 15.1 Å². The van der Waals surface area contributed by atoms with Gasteiger partial charge in [0.1, 0.15) is 0 Å². The molecule has 3 saturated heterocycles. The van der Waals surface area contributed by atoms with Crippen molar-refractivity contribution in [2.24, 2.45) is 5.92 Å². The average Bonchev–Trinajstić information content (AvgIpc) is 3.26. The van der Waals surface area contributed by atoms with E-state index in [1.165, 1.54) is 25.7 Å². The summed E-state index contributed by atoms with van der Waals surface area (Å²) in [6.45, 7) is 0.657. The number of fused-ring (bicyclic) bond motifs is 2. The molecule has 3 atom stereocenters. The lowest BCUT2D eigenvalue weighted by molar-refractivity contribution is -0.137. The van der Waals surface area contributed by atoms with Crippen LogP contribution in [0.4, 0.5) is 0 Å². The molecule has 2 amide bonds. The standard InChI is InChI=1S/C18H29N3O2.ClH/c1-20(16-9-13-6-7-14(10-16)19-13)18(23)12-8-17(22)21(11-12)15-4-2-3-5-15;/h12-16,19H,2-11H2,1H3;1H. The molecule has 5 nitrogen and oxygen atoms in total. The van der Waals surface area contributed by atoms with E-state index < -0.39 is 0 Å². The number of carbonyl (C=O) groups is 2.